The molecular formula is C19H16FN5O7S. The molecule has 5 rings (SSSR count). The molecule has 0 spiro atoms. The van der Waals surface area contributed by atoms with Crippen LogP contribution in [0, 0.1) is 0 Å². The van der Waals surface area contributed by atoms with Crippen molar-refractivity contribution in [1.29, 1.82) is 0 Å². The van der Waals surface area contributed by atoms with Gasteiger partial charge in [0.05, 0.1) is 16.8 Å². The molecule has 0 bridgehead atoms. The molecule has 0 radical (unpaired) electrons. The van der Waals surface area contributed by atoms with Gasteiger partial charge in [-0.1, -0.05) is 0 Å². The molecule has 1 aliphatic heterocycles. The van der Waals surface area contributed by atoms with Gasteiger partial charge in [-0.25, -0.2) is 14.8 Å². The first-order valence-electron chi connectivity index (χ1n) is 9.62. The maximum atomic E-state index is 13.0. The minimum atomic E-state index is -4.88. The zero-order chi connectivity index (χ0) is 23.3. The summed E-state index contributed by atoms with van der Waals surface area (Å²) in [6, 6.07) is 4.06. The highest BCUT2D eigenvalue weighted by Gasteiger charge is 2.44. The molecular weight excluding hydrogens is 461 g/mol. The Morgan fingerprint density at radius 1 is 1.18 bits per heavy atom. The van der Waals surface area contributed by atoms with Crippen molar-refractivity contribution >= 4 is 33.1 Å². The molecule has 1 saturated heterocycles. The van der Waals surface area contributed by atoms with Gasteiger partial charge in [-0.3, -0.25) is 4.40 Å². The minimum absolute atomic E-state index is 0.0240. The van der Waals surface area contributed by atoms with Crippen molar-refractivity contribution in [1.82, 2.24) is 23.9 Å². The van der Waals surface area contributed by atoms with Crippen molar-refractivity contribution in [2.45, 2.75) is 29.4 Å². The number of fused-ring (bicyclic) bond motifs is 3. The monoisotopic (exact) mass is 477 g/mol. The lowest BCUT2D eigenvalue weighted by Gasteiger charge is -2.18. The molecule has 2 N–H and O–H groups in total. The van der Waals surface area contributed by atoms with Crippen LogP contribution in [0.5, 0.6) is 0 Å². The lowest BCUT2D eigenvalue weighted by molar-refractivity contribution is -0.0583. The van der Waals surface area contributed by atoms with E-state index in [-0.39, 0.29) is 5.56 Å². The second-order valence-corrected chi connectivity index (χ2v) is 8.69. The van der Waals surface area contributed by atoms with Crippen LogP contribution in [-0.2, 0) is 19.7 Å². The van der Waals surface area contributed by atoms with E-state index in [9.17, 15) is 27.3 Å². The average Bonchev–Trinajstić information content (AvgIpc) is 3.46. The van der Waals surface area contributed by atoms with E-state index in [4.69, 9.17) is 9.47 Å². The van der Waals surface area contributed by atoms with E-state index in [1.807, 2.05) is 0 Å². The number of halogens is 1. The third kappa shape index (κ3) is 3.82. The third-order valence-electron chi connectivity index (χ3n) is 5.28. The normalized spacial score (nSPS) is 23.4. The summed E-state index contributed by atoms with van der Waals surface area (Å²) in [7, 11) is -4.88. The molecule has 3 aromatic heterocycles. The molecule has 14 heteroatoms. The smallest absolute Gasteiger partial charge is 0.338 e. The molecule has 0 saturated carbocycles. The average molecular weight is 477 g/mol. The molecule has 1 aromatic carbocycles. The number of nitrogens with zero attached hydrogens (tertiary/aromatic N) is 5. The summed E-state index contributed by atoms with van der Waals surface area (Å²) in [6.07, 6.45) is 1.55. The Morgan fingerprint density at radius 2 is 1.94 bits per heavy atom. The fraction of sp³-hybridized carbons (Fsp3) is 0.263. The molecule has 33 heavy (non-hydrogen) atoms. The van der Waals surface area contributed by atoms with E-state index in [0.29, 0.717) is 16.9 Å². The van der Waals surface area contributed by atoms with Gasteiger partial charge in [0.15, 0.2) is 11.9 Å². The number of aromatic nitrogens is 5. The Labute approximate surface area is 185 Å². The quantitative estimate of drug-likeness (QED) is 0.301. The van der Waals surface area contributed by atoms with E-state index >= 15 is 0 Å². The number of hydrogen-bond donors (Lipinski definition) is 2. The number of aliphatic hydroxyl groups is 2. The first-order valence-corrected chi connectivity index (χ1v) is 11.0. The third-order valence-corrected chi connectivity index (χ3v) is 6.12. The van der Waals surface area contributed by atoms with Gasteiger partial charge in [0.1, 0.15) is 30.4 Å². The molecule has 0 aliphatic carbocycles. The summed E-state index contributed by atoms with van der Waals surface area (Å²) >= 11 is 0. The lowest BCUT2D eigenvalue weighted by atomic mass is 10.1. The molecule has 4 atom stereocenters. The van der Waals surface area contributed by atoms with Crippen LogP contribution in [-0.4, -0.2) is 73.4 Å². The number of aliphatic hydroxyl groups excluding tert-OH is 2. The van der Waals surface area contributed by atoms with Crippen LogP contribution < -0.4 is 0 Å². The molecule has 1 fully saturated rings. The number of imidazole rings is 2. The molecule has 12 nitrogen and oxygen atoms in total. The Kier molecular flexibility index (Phi) is 5.08. The highest BCUT2D eigenvalue weighted by molar-refractivity contribution is 7.86. The fourth-order valence-electron chi connectivity index (χ4n) is 3.58. The summed E-state index contributed by atoms with van der Waals surface area (Å²) in [5, 5.41) is 20.8. The summed E-state index contributed by atoms with van der Waals surface area (Å²) in [4.78, 5) is 24.2. The molecule has 4 aromatic rings. The molecule has 4 heterocycles. The maximum Gasteiger partial charge on any atom is 0.338 e. The number of esters is 1. The molecule has 1 aliphatic rings. The Hall–Kier alpha value is -3.46. The number of hydrogen-bond acceptors (Lipinski definition) is 10. The SMILES string of the molecule is O=C(OCC1OC(n2cnc3nc4nccn4c3c2)C(O)C1O)c1ccc(S(=O)(=O)F)cc1. The first-order chi connectivity index (χ1) is 15.7. The first kappa shape index (κ1) is 21.4. The van der Waals surface area contributed by atoms with Crippen molar-refractivity contribution in [3.8, 4) is 0 Å². The number of rotatable bonds is 5. The topological polar surface area (TPSA) is 158 Å². The fourth-order valence-corrected chi connectivity index (χ4v) is 4.05. The minimum Gasteiger partial charge on any atom is -0.459 e. The second kappa shape index (κ2) is 7.84. The summed E-state index contributed by atoms with van der Waals surface area (Å²) in [5.41, 5.74) is 1.03. The largest absolute Gasteiger partial charge is 0.459 e. The van der Waals surface area contributed by atoms with E-state index in [1.54, 1.807) is 23.0 Å². The van der Waals surface area contributed by atoms with Crippen molar-refractivity contribution in [3.05, 3.63) is 54.7 Å². The van der Waals surface area contributed by atoms with Crippen LogP contribution in [0.4, 0.5) is 3.89 Å². The van der Waals surface area contributed by atoms with E-state index in [2.05, 4.69) is 15.0 Å². The number of benzene rings is 1. The van der Waals surface area contributed by atoms with Crippen LogP contribution in [0.3, 0.4) is 0 Å². The molecule has 172 valence electrons. The second-order valence-electron chi connectivity index (χ2n) is 7.35. The number of carbonyl (C=O) groups excluding carboxylic acids is 1. The predicted octanol–water partition coefficient (Wildman–Crippen LogP) is 0.213. The number of carbonyl (C=O) groups is 1. The lowest BCUT2D eigenvalue weighted by Crippen LogP contribution is -2.34. The predicted molar refractivity (Wildman–Crippen MR) is 107 cm³/mol. The summed E-state index contributed by atoms with van der Waals surface area (Å²) < 4.78 is 48.7. The van der Waals surface area contributed by atoms with Crippen molar-refractivity contribution in [3.63, 3.8) is 0 Å². The highest BCUT2D eigenvalue weighted by Crippen LogP contribution is 2.30. The zero-order valence-corrected chi connectivity index (χ0v) is 17.4. The van der Waals surface area contributed by atoms with Crippen LogP contribution in [0.25, 0.3) is 16.9 Å². The van der Waals surface area contributed by atoms with Crippen LogP contribution >= 0.6 is 0 Å². The van der Waals surface area contributed by atoms with Gasteiger partial charge >= 0.3 is 16.2 Å². The van der Waals surface area contributed by atoms with Gasteiger partial charge in [0, 0.05) is 18.6 Å². The maximum absolute atomic E-state index is 13.0. The van der Waals surface area contributed by atoms with Gasteiger partial charge < -0.3 is 24.3 Å². The Balaban J connectivity index is 1.29. The highest BCUT2D eigenvalue weighted by atomic mass is 32.3. The Morgan fingerprint density at radius 3 is 2.67 bits per heavy atom. The van der Waals surface area contributed by atoms with Crippen LogP contribution in [0.15, 0.2) is 54.1 Å². The van der Waals surface area contributed by atoms with E-state index < -0.39 is 52.2 Å². The van der Waals surface area contributed by atoms with Crippen LogP contribution in [0.1, 0.15) is 16.6 Å². The van der Waals surface area contributed by atoms with Crippen molar-refractivity contribution < 1.29 is 36.8 Å². The van der Waals surface area contributed by atoms with Gasteiger partial charge in [-0.15, -0.1) is 3.89 Å². The van der Waals surface area contributed by atoms with Crippen molar-refractivity contribution in [2.75, 3.05) is 6.61 Å². The van der Waals surface area contributed by atoms with Gasteiger partial charge in [-0.05, 0) is 24.3 Å². The standard InChI is InChI=1S/C19H16FN5O7S/c20-33(29,30)11-3-1-10(2-4-11)18(28)31-8-13-14(26)15(27)17(32-13)24-7-12-16(22-9-24)23-19-21-5-6-25(12)19/h1-7,9,13-15,17,26-27H,8H2. The van der Waals surface area contributed by atoms with Crippen molar-refractivity contribution in [2.24, 2.45) is 0 Å². The summed E-state index contributed by atoms with van der Waals surface area (Å²) in [6.45, 7) is -0.392. The molecule has 0 amide bonds. The van der Waals surface area contributed by atoms with Gasteiger partial charge in [0.2, 0.25) is 5.78 Å². The van der Waals surface area contributed by atoms with E-state index in [1.165, 1.54) is 10.9 Å². The van der Waals surface area contributed by atoms with Gasteiger partial charge in [-0.2, -0.15) is 13.4 Å². The zero-order valence-electron chi connectivity index (χ0n) is 16.6. The van der Waals surface area contributed by atoms with Gasteiger partial charge in [0.25, 0.3) is 0 Å². The molecule has 4 unspecified atom stereocenters. The van der Waals surface area contributed by atoms with E-state index in [0.717, 1.165) is 24.3 Å². The number of ether oxygens (including phenoxy) is 2. The van der Waals surface area contributed by atoms with Crippen LogP contribution in [0.2, 0.25) is 0 Å². The Bertz CT molecular complexity index is 1450. The summed E-state index contributed by atoms with van der Waals surface area (Å²) in [5.74, 6) is -0.377.